The molecular formula is C10H13ClN2O4S2. The SMILES string of the molecule is O=S1(=O)CCC(NS(=O)(=O)c2ccnc(Cl)c2)CC1. The van der Waals surface area contributed by atoms with Crippen LogP contribution < -0.4 is 4.72 Å². The molecule has 106 valence electrons. The molecule has 1 aromatic heterocycles. The maximum absolute atomic E-state index is 12.1. The Labute approximate surface area is 117 Å². The zero-order chi connectivity index (χ0) is 14.1. The highest BCUT2D eigenvalue weighted by atomic mass is 35.5. The highest BCUT2D eigenvalue weighted by molar-refractivity contribution is 7.91. The third kappa shape index (κ3) is 3.88. The van der Waals surface area contributed by atoms with Crippen molar-refractivity contribution in [1.29, 1.82) is 0 Å². The first-order valence-corrected chi connectivity index (χ1v) is 9.31. The molecule has 9 heteroatoms. The van der Waals surface area contributed by atoms with E-state index in [4.69, 9.17) is 11.6 Å². The number of halogens is 1. The molecule has 1 N–H and O–H groups in total. The van der Waals surface area contributed by atoms with Gasteiger partial charge >= 0.3 is 0 Å². The molecule has 0 atom stereocenters. The van der Waals surface area contributed by atoms with Crippen LogP contribution in [0.5, 0.6) is 0 Å². The molecule has 19 heavy (non-hydrogen) atoms. The number of rotatable bonds is 3. The van der Waals surface area contributed by atoms with Gasteiger partial charge in [-0.3, -0.25) is 0 Å². The van der Waals surface area contributed by atoms with Gasteiger partial charge in [0.25, 0.3) is 0 Å². The van der Waals surface area contributed by atoms with E-state index in [0.717, 1.165) is 0 Å². The Morgan fingerprint density at radius 1 is 1.32 bits per heavy atom. The van der Waals surface area contributed by atoms with Crippen LogP contribution in [-0.4, -0.2) is 39.4 Å². The van der Waals surface area contributed by atoms with Gasteiger partial charge in [-0.15, -0.1) is 0 Å². The molecule has 0 bridgehead atoms. The summed E-state index contributed by atoms with van der Waals surface area (Å²) in [5.74, 6) is 0.0224. The van der Waals surface area contributed by atoms with E-state index in [2.05, 4.69) is 9.71 Å². The average Bonchev–Trinajstić information content (AvgIpc) is 2.32. The largest absolute Gasteiger partial charge is 0.244 e. The number of aromatic nitrogens is 1. The zero-order valence-electron chi connectivity index (χ0n) is 9.91. The van der Waals surface area contributed by atoms with Crippen molar-refractivity contribution < 1.29 is 16.8 Å². The number of hydrogen-bond donors (Lipinski definition) is 1. The molecule has 0 amide bonds. The molecule has 1 saturated heterocycles. The van der Waals surface area contributed by atoms with Crippen LogP contribution in [0.25, 0.3) is 0 Å². The monoisotopic (exact) mass is 324 g/mol. The lowest BCUT2D eigenvalue weighted by Gasteiger charge is -2.22. The van der Waals surface area contributed by atoms with Crippen LogP contribution in [0.1, 0.15) is 12.8 Å². The third-order valence-electron chi connectivity index (χ3n) is 2.88. The third-order valence-corrected chi connectivity index (χ3v) is 6.33. The number of sulfone groups is 1. The van der Waals surface area contributed by atoms with Crippen LogP contribution in [0.15, 0.2) is 23.2 Å². The minimum atomic E-state index is -3.69. The van der Waals surface area contributed by atoms with Gasteiger partial charge in [0.2, 0.25) is 10.0 Å². The molecule has 1 aliphatic heterocycles. The summed E-state index contributed by atoms with van der Waals surface area (Å²) in [7, 11) is -6.70. The smallest absolute Gasteiger partial charge is 0.240 e. The van der Waals surface area contributed by atoms with E-state index >= 15 is 0 Å². The minimum absolute atomic E-state index is 0.0112. The van der Waals surface area contributed by atoms with Gasteiger partial charge in [-0.2, -0.15) is 0 Å². The first-order valence-electron chi connectivity index (χ1n) is 5.63. The number of nitrogens with zero attached hydrogens (tertiary/aromatic N) is 1. The summed E-state index contributed by atoms with van der Waals surface area (Å²) < 4.78 is 49.2. The van der Waals surface area contributed by atoms with Gasteiger partial charge < -0.3 is 0 Å². The maximum Gasteiger partial charge on any atom is 0.240 e. The fourth-order valence-electron chi connectivity index (χ4n) is 1.85. The highest BCUT2D eigenvalue weighted by Crippen LogP contribution is 2.17. The maximum atomic E-state index is 12.1. The second-order valence-corrected chi connectivity index (χ2v) is 8.77. The van der Waals surface area contributed by atoms with Gasteiger partial charge in [-0.25, -0.2) is 26.5 Å². The van der Waals surface area contributed by atoms with E-state index in [1.165, 1.54) is 18.3 Å². The van der Waals surface area contributed by atoms with Crippen molar-refractivity contribution in [2.24, 2.45) is 0 Å². The van der Waals surface area contributed by atoms with Gasteiger partial charge in [-0.05, 0) is 25.0 Å². The molecule has 1 fully saturated rings. The Balaban J connectivity index is 2.11. The quantitative estimate of drug-likeness (QED) is 0.821. The van der Waals surface area contributed by atoms with E-state index in [1.807, 2.05) is 0 Å². The van der Waals surface area contributed by atoms with Crippen molar-refractivity contribution in [3.05, 3.63) is 23.5 Å². The van der Waals surface area contributed by atoms with Gasteiger partial charge in [-0.1, -0.05) is 11.6 Å². The Morgan fingerprint density at radius 2 is 1.95 bits per heavy atom. The van der Waals surface area contributed by atoms with E-state index in [9.17, 15) is 16.8 Å². The molecule has 0 saturated carbocycles. The Bertz CT molecular complexity index is 659. The van der Waals surface area contributed by atoms with Crippen molar-refractivity contribution in [2.45, 2.75) is 23.8 Å². The summed E-state index contributed by atoms with van der Waals surface area (Å²) in [5, 5.41) is 0.0918. The highest BCUT2D eigenvalue weighted by Gasteiger charge is 2.27. The second-order valence-electron chi connectivity index (χ2n) is 4.36. The lowest BCUT2D eigenvalue weighted by molar-refractivity contribution is 0.505. The molecule has 2 rings (SSSR count). The van der Waals surface area contributed by atoms with Gasteiger partial charge in [0.05, 0.1) is 16.4 Å². The lowest BCUT2D eigenvalue weighted by Crippen LogP contribution is -2.40. The number of nitrogens with one attached hydrogen (secondary N) is 1. The number of pyridine rings is 1. The van der Waals surface area contributed by atoms with Crippen molar-refractivity contribution in [3.63, 3.8) is 0 Å². The molecule has 1 aromatic rings. The number of hydrogen-bond acceptors (Lipinski definition) is 5. The first-order chi connectivity index (χ1) is 8.78. The summed E-state index contributed by atoms with van der Waals surface area (Å²) in [6.07, 6.45) is 1.89. The normalized spacial score (nSPS) is 20.3. The van der Waals surface area contributed by atoms with E-state index < -0.39 is 19.9 Å². The van der Waals surface area contributed by atoms with E-state index in [0.29, 0.717) is 12.8 Å². The summed E-state index contributed by atoms with van der Waals surface area (Å²) in [5.41, 5.74) is 0. The molecule has 1 aliphatic rings. The summed E-state index contributed by atoms with van der Waals surface area (Å²) in [6.45, 7) is 0. The fourth-order valence-corrected chi connectivity index (χ4v) is 4.89. The van der Waals surface area contributed by atoms with Crippen molar-refractivity contribution in [1.82, 2.24) is 9.71 Å². The van der Waals surface area contributed by atoms with Gasteiger partial charge in [0, 0.05) is 12.2 Å². The minimum Gasteiger partial charge on any atom is -0.244 e. The van der Waals surface area contributed by atoms with Crippen LogP contribution in [0.3, 0.4) is 0 Å². The Morgan fingerprint density at radius 3 is 2.53 bits per heavy atom. The van der Waals surface area contributed by atoms with Gasteiger partial charge in [0.15, 0.2) is 0 Å². The van der Waals surface area contributed by atoms with Gasteiger partial charge in [0.1, 0.15) is 15.0 Å². The molecule has 2 heterocycles. The second kappa shape index (κ2) is 5.35. The molecule has 0 aliphatic carbocycles. The fraction of sp³-hybridized carbons (Fsp3) is 0.500. The van der Waals surface area contributed by atoms with Crippen molar-refractivity contribution in [3.8, 4) is 0 Å². The van der Waals surface area contributed by atoms with Crippen LogP contribution >= 0.6 is 11.6 Å². The zero-order valence-corrected chi connectivity index (χ0v) is 12.3. The summed E-state index contributed by atoms with van der Waals surface area (Å²) >= 11 is 5.65. The predicted octanol–water partition coefficient (Wildman–Crippen LogP) is 0.590. The number of sulfonamides is 1. The molecule has 0 unspecified atom stereocenters. The molecular weight excluding hydrogens is 312 g/mol. The average molecular weight is 325 g/mol. The Kier molecular flexibility index (Phi) is 4.14. The predicted molar refractivity (Wildman–Crippen MR) is 71.2 cm³/mol. The Hall–Kier alpha value is -0.700. The standard InChI is InChI=1S/C10H13ClN2O4S2/c11-10-7-9(1-4-12-10)19(16,17)13-8-2-5-18(14,15)6-3-8/h1,4,7-8,13H,2-3,5-6H2. The topological polar surface area (TPSA) is 93.2 Å². The molecule has 6 nitrogen and oxygen atoms in total. The van der Waals surface area contributed by atoms with Crippen LogP contribution in [0.2, 0.25) is 5.15 Å². The first kappa shape index (κ1) is 14.7. The lowest BCUT2D eigenvalue weighted by atomic mass is 10.2. The molecule has 0 spiro atoms. The van der Waals surface area contributed by atoms with E-state index in [1.54, 1.807) is 0 Å². The van der Waals surface area contributed by atoms with Crippen molar-refractivity contribution >= 4 is 31.5 Å². The van der Waals surface area contributed by atoms with Crippen molar-refractivity contribution in [2.75, 3.05) is 11.5 Å². The van der Waals surface area contributed by atoms with Crippen LogP contribution in [0, 0.1) is 0 Å². The summed E-state index contributed by atoms with van der Waals surface area (Å²) in [6, 6.07) is 2.23. The van der Waals surface area contributed by atoms with E-state index in [-0.39, 0.29) is 27.6 Å². The molecule has 0 aromatic carbocycles. The van der Waals surface area contributed by atoms with Crippen LogP contribution in [-0.2, 0) is 19.9 Å². The van der Waals surface area contributed by atoms with Crippen LogP contribution in [0.4, 0.5) is 0 Å². The molecule has 0 radical (unpaired) electrons. The summed E-state index contributed by atoms with van der Waals surface area (Å²) in [4.78, 5) is 3.74.